The molecule has 0 aliphatic rings. The summed E-state index contributed by atoms with van der Waals surface area (Å²) in [6.07, 6.45) is 3.36. The van der Waals surface area contributed by atoms with Gasteiger partial charge in [0, 0.05) is 12.7 Å². The molecule has 0 aliphatic heterocycles. The van der Waals surface area contributed by atoms with E-state index in [1.165, 1.54) is 0 Å². The van der Waals surface area contributed by atoms with Crippen molar-refractivity contribution in [3.63, 3.8) is 0 Å². The van der Waals surface area contributed by atoms with Gasteiger partial charge < -0.3 is 10.3 Å². The minimum atomic E-state index is 0.621. The first kappa shape index (κ1) is 8.68. The molecule has 0 saturated heterocycles. The third-order valence-electron chi connectivity index (χ3n) is 2.01. The van der Waals surface area contributed by atoms with Gasteiger partial charge in [0.1, 0.15) is 12.0 Å². The summed E-state index contributed by atoms with van der Waals surface area (Å²) < 4.78 is 1.90. The van der Waals surface area contributed by atoms with Gasteiger partial charge >= 0.3 is 0 Å². The van der Waals surface area contributed by atoms with E-state index in [4.69, 9.17) is 5.73 Å². The Labute approximate surface area is 81.6 Å². The molecule has 5 nitrogen and oxygen atoms in total. The van der Waals surface area contributed by atoms with E-state index in [-0.39, 0.29) is 0 Å². The van der Waals surface area contributed by atoms with Gasteiger partial charge in [-0.3, -0.25) is 4.98 Å². The van der Waals surface area contributed by atoms with Crippen molar-refractivity contribution >= 4 is 5.69 Å². The monoisotopic (exact) mass is 189 g/mol. The second-order valence-corrected chi connectivity index (χ2v) is 2.88. The highest BCUT2D eigenvalue weighted by molar-refractivity contribution is 5.66. The van der Waals surface area contributed by atoms with Gasteiger partial charge in [-0.15, -0.1) is 10.2 Å². The average molecular weight is 189 g/mol. The lowest BCUT2D eigenvalue weighted by Gasteiger charge is -2.04. The van der Waals surface area contributed by atoms with Crippen LogP contribution in [0.15, 0.2) is 24.7 Å². The van der Waals surface area contributed by atoms with Crippen LogP contribution in [0.4, 0.5) is 5.69 Å². The number of aryl methyl sites for hydroxylation is 1. The van der Waals surface area contributed by atoms with Crippen LogP contribution in [0.25, 0.3) is 11.5 Å². The van der Waals surface area contributed by atoms with Crippen molar-refractivity contribution in [1.29, 1.82) is 0 Å². The number of nitrogens with zero attached hydrogens (tertiary/aromatic N) is 4. The zero-order valence-corrected chi connectivity index (χ0v) is 7.88. The molecule has 0 saturated carbocycles. The molecular formula is C9H11N5. The van der Waals surface area contributed by atoms with Crippen LogP contribution in [-0.2, 0) is 6.54 Å². The second-order valence-electron chi connectivity index (χ2n) is 2.88. The van der Waals surface area contributed by atoms with Crippen molar-refractivity contribution in [2.75, 3.05) is 5.73 Å². The SMILES string of the molecule is CCn1cnnc1-c1ncccc1N. The van der Waals surface area contributed by atoms with E-state index in [0.29, 0.717) is 17.2 Å². The van der Waals surface area contributed by atoms with Crippen molar-refractivity contribution in [3.05, 3.63) is 24.7 Å². The zero-order valence-electron chi connectivity index (χ0n) is 7.88. The summed E-state index contributed by atoms with van der Waals surface area (Å²) in [5, 5.41) is 7.82. The van der Waals surface area contributed by atoms with Crippen LogP contribution in [0.2, 0.25) is 0 Å². The quantitative estimate of drug-likeness (QED) is 0.763. The average Bonchev–Trinajstić information content (AvgIpc) is 2.66. The molecule has 2 rings (SSSR count). The van der Waals surface area contributed by atoms with Crippen molar-refractivity contribution in [1.82, 2.24) is 19.7 Å². The van der Waals surface area contributed by atoms with Gasteiger partial charge in [0.05, 0.1) is 5.69 Å². The molecule has 2 N–H and O–H groups in total. The number of aromatic nitrogens is 4. The lowest BCUT2D eigenvalue weighted by atomic mass is 10.3. The molecule has 2 aromatic rings. The first-order chi connectivity index (χ1) is 6.83. The molecular weight excluding hydrogens is 178 g/mol. The van der Waals surface area contributed by atoms with Crippen LogP contribution in [0, 0.1) is 0 Å². The number of rotatable bonds is 2. The highest BCUT2D eigenvalue weighted by Gasteiger charge is 2.09. The van der Waals surface area contributed by atoms with E-state index in [9.17, 15) is 0 Å². The number of hydrogen-bond donors (Lipinski definition) is 1. The van der Waals surface area contributed by atoms with E-state index in [1.807, 2.05) is 11.5 Å². The van der Waals surface area contributed by atoms with Crippen LogP contribution in [0.5, 0.6) is 0 Å². The lowest BCUT2D eigenvalue weighted by Crippen LogP contribution is -2.00. The molecule has 0 spiro atoms. The molecule has 2 aromatic heterocycles. The summed E-state index contributed by atoms with van der Waals surface area (Å²) in [6.45, 7) is 2.82. The van der Waals surface area contributed by atoms with E-state index in [1.54, 1.807) is 24.7 Å². The first-order valence-electron chi connectivity index (χ1n) is 4.41. The summed E-state index contributed by atoms with van der Waals surface area (Å²) in [4.78, 5) is 4.18. The molecule has 0 unspecified atom stereocenters. The highest BCUT2D eigenvalue weighted by atomic mass is 15.3. The third-order valence-corrected chi connectivity index (χ3v) is 2.01. The number of nitrogens with two attached hydrogens (primary N) is 1. The smallest absolute Gasteiger partial charge is 0.184 e. The lowest BCUT2D eigenvalue weighted by molar-refractivity contribution is 0.765. The number of pyridine rings is 1. The van der Waals surface area contributed by atoms with E-state index < -0.39 is 0 Å². The van der Waals surface area contributed by atoms with E-state index >= 15 is 0 Å². The normalized spacial score (nSPS) is 10.4. The van der Waals surface area contributed by atoms with Gasteiger partial charge in [0.25, 0.3) is 0 Å². The fourth-order valence-corrected chi connectivity index (χ4v) is 1.27. The Kier molecular flexibility index (Phi) is 2.14. The van der Waals surface area contributed by atoms with Crippen LogP contribution in [-0.4, -0.2) is 19.7 Å². The van der Waals surface area contributed by atoms with Gasteiger partial charge in [-0.05, 0) is 19.1 Å². The molecule has 0 bridgehead atoms. The highest BCUT2D eigenvalue weighted by Crippen LogP contribution is 2.19. The minimum Gasteiger partial charge on any atom is -0.397 e. The summed E-state index contributed by atoms with van der Waals surface area (Å²) >= 11 is 0. The maximum absolute atomic E-state index is 5.79. The van der Waals surface area contributed by atoms with E-state index in [2.05, 4.69) is 15.2 Å². The Morgan fingerprint density at radius 1 is 1.50 bits per heavy atom. The molecule has 72 valence electrons. The fraction of sp³-hybridized carbons (Fsp3) is 0.222. The zero-order chi connectivity index (χ0) is 9.97. The molecule has 0 aliphatic carbocycles. The van der Waals surface area contributed by atoms with Gasteiger partial charge in [0.2, 0.25) is 0 Å². The minimum absolute atomic E-state index is 0.621. The molecule has 2 heterocycles. The van der Waals surface area contributed by atoms with Gasteiger partial charge in [0.15, 0.2) is 5.82 Å². The van der Waals surface area contributed by atoms with Gasteiger partial charge in [-0.2, -0.15) is 0 Å². The maximum Gasteiger partial charge on any atom is 0.184 e. The second kappa shape index (κ2) is 3.45. The summed E-state index contributed by atoms with van der Waals surface area (Å²) in [5.41, 5.74) is 7.10. The summed E-state index contributed by atoms with van der Waals surface area (Å²) in [5.74, 6) is 0.714. The van der Waals surface area contributed by atoms with Crippen LogP contribution in [0.3, 0.4) is 0 Å². The fourth-order valence-electron chi connectivity index (χ4n) is 1.27. The number of nitrogen functional groups attached to an aromatic ring is 1. The molecule has 5 heteroatoms. The first-order valence-corrected chi connectivity index (χ1v) is 4.41. The third kappa shape index (κ3) is 1.32. The van der Waals surface area contributed by atoms with E-state index in [0.717, 1.165) is 6.54 Å². The van der Waals surface area contributed by atoms with Crippen LogP contribution in [0.1, 0.15) is 6.92 Å². The Bertz CT molecular complexity index is 434. The Morgan fingerprint density at radius 3 is 3.07 bits per heavy atom. The predicted molar refractivity (Wildman–Crippen MR) is 53.3 cm³/mol. The topological polar surface area (TPSA) is 69.6 Å². The molecule has 0 amide bonds. The number of anilines is 1. The standard InChI is InChI=1S/C9H11N5/c1-2-14-6-12-13-9(14)8-7(10)4-3-5-11-8/h3-6H,2,10H2,1H3. The van der Waals surface area contributed by atoms with Crippen molar-refractivity contribution < 1.29 is 0 Å². The molecule has 0 radical (unpaired) electrons. The Balaban J connectivity index is 2.54. The largest absolute Gasteiger partial charge is 0.397 e. The van der Waals surface area contributed by atoms with Crippen molar-refractivity contribution in [2.45, 2.75) is 13.5 Å². The Morgan fingerprint density at radius 2 is 2.36 bits per heavy atom. The van der Waals surface area contributed by atoms with Crippen LogP contribution >= 0.6 is 0 Å². The van der Waals surface area contributed by atoms with Gasteiger partial charge in [-0.1, -0.05) is 0 Å². The molecule has 0 fully saturated rings. The van der Waals surface area contributed by atoms with Gasteiger partial charge in [-0.25, -0.2) is 0 Å². The molecule has 0 atom stereocenters. The van der Waals surface area contributed by atoms with Crippen LogP contribution < -0.4 is 5.73 Å². The summed E-state index contributed by atoms with van der Waals surface area (Å²) in [7, 11) is 0. The van der Waals surface area contributed by atoms with Crippen molar-refractivity contribution in [2.24, 2.45) is 0 Å². The summed E-state index contributed by atoms with van der Waals surface area (Å²) in [6, 6.07) is 3.60. The molecule has 14 heavy (non-hydrogen) atoms. The molecule has 0 aromatic carbocycles. The Hall–Kier alpha value is -1.91. The number of hydrogen-bond acceptors (Lipinski definition) is 4. The van der Waals surface area contributed by atoms with Crippen molar-refractivity contribution in [3.8, 4) is 11.5 Å². The predicted octanol–water partition coefficient (Wildman–Crippen LogP) is 0.942. The maximum atomic E-state index is 5.79.